The van der Waals surface area contributed by atoms with E-state index in [-0.39, 0.29) is 36.4 Å². The first kappa shape index (κ1) is 23.2. The van der Waals surface area contributed by atoms with Gasteiger partial charge in [-0.3, -0.25) is 4.79 Å². The molecule has 0 saturated carbocycles. The zero-order valence-electron chi connectivity index (χ0n) is 15.6. The number of rotatable bonds is 7. The lowest BCUT2D eigenvalue weighted by Gasteiger charge is -2.15. The number of halogens is 2. The SMILES string of the molecule is CN(C)C(=O)CNC(=NCc1cccc(Cl)c1)NCCc1ccccc1.I. The summed E-state index contributed by atoms with van der Waals surface area (Å²) in [4.78, 5) is 17.9. The molecule has 2 aromatic rings. The molecule has 146 valence electrons. The molecular weight excluding hydrogens is 475 g/mol. The Labute approximate surface area is 183 Å². The molecule has 0 aliphatic heterocycles. The number of hydrogen-bond donors (Lipinski definition) is 2. The van der Waals surface area contributed by atoms with Gasteiger partial charge in [-0.15, -0.1) is 24.0 Å². The van der Waals surface area contributed by atoms with Crippen LogP contribution in [0.2, 0.25) is 5.02 Å². The van der Waals surface area contributed by atoms with Gasteiger partial charge in [0, 0.05) is 25.7 Å². The van der Waals surface area contributed by atoms with Crippen LogP contribution < -0.4 is 10.6 Å². The van der Waals surface area contributed by atoms with Gasteiger partial charge in [0.25, 0.3) is 0 Å². The third-order valence-corrected chi connectivity index (χ3v) is 4.00. The fraction of sp³-hybridized carbons (Fsp3) is 0.300. The van der Waals surface area contributed by atoms with E-state index in [0.29, 0.717) is 17.5 Å². The number of amides is 1. The molecule has 2 rings (SSSR count). The highest BCUT2D eigenvalue weighted by Gasteiger charge is 2.06. The third kappa shape index (κ3) is 9.10. The number of hydrogen-bond acceptors (Lipinski definition) is 2. The molecule has 0 saturated heterocycles. The molecule has 0 unspecified atom stereocenters. The van der Waals surface area contributed by atoms with Crippen molar-refractivity contribution in [2.24, 2.45) is 4.99 Å². The Hall–Kier alpha value is -1.80. The van der Waals surface area contributed by atoms with Gasteiger partial charge in [-0.2, -0.15) is 0 Å². The van der Waals surface area contributed by atoms with E-state index in [0.717, 1.165) is 18.5 Å². The number of benzene rings is 2. The number of guanidine groups is 1. The molecule has 0 aliphatic carbocycles. The molecule has 2 aromatic carbocycles. The summed E-state index contributed by atoms with van der Waals surface area (Å²) >= 11 is 6.02. The maximum absolute atomic E-state index is 11.8. The highest BCUT2D eigenvalue weighted by Crippen LogP contribution is 2.11. The van der Waals surface area contributed by atoms with Gasteiger partial charge in [0.15, 0.2) is 5.96 Å². The van der Waals surface area contributed by atoms with Crippen LogP contribution in [-0.2, 0) is 17.8 Å². The van der Waals surface area contributed by atoms with Crippen LogP contribution in [0.5, 0.6) is 0 Å². The number of likely N-dealkylation sites (N-methyl/N-ethyl adjacent to an activating group) is 1. The summed E-state index contributed by atoms with van der Waals surface area (Å²) in [6.45, 7) is 1.40. The fourth-order valence-corrected chi connectivity index (χ4v) is 2.48. The van der Waals surface area contributed by atoms with Crippen molar-refractivity contribution in [3.63, 3.8) is 0 Å². The van der Waals surface area contributed by atoms with Gasteiger partial charge >= 0.3 is 0 Å². The maximum Gasteiger partial charge on any atom is 0.241 e. The predicted molar refractivity (Wildman–Crippen MR) is 123 cm³/mol. The second kappa shape index (κ2) is 12.6. The lowest BCUT2D eigenvalue weighted by molar-refractivity contribution is -0.127. The minimum atomic E-state index is -0.00897. The molecule has 27 heavy (non-hydrogen) atoms. The molecule has 1 amide bonds. The Morgan fingerprint density at radius 2 is 1.74 bits per heavy atom. The zero-order valence-corrected chi connectivity index (χ0v) is 18.7. The summed E-state index contributed by atoms with van der Waals surface area (Å²) in [6, 6.07) is 17.8. The van der Waals surface area contributed by atoms with Gasteiger partial charge in [-0.05, 0) is 29.7 Å². The molecule has 0 spiro atoms. The van der Waals surface area contributed by atoms with Crippen molar-refractivity contribution >= 4 is 47.4 Å². The lowest BCUT2D eigenvalue weighted by Crippen LogP contribution is -2.43. The molecule has 0 radical (unpaired) electrons. The Morgan fingerprint density at radius 3 is 2.41 bits per heavy atom. The standard InChI is InChI=1S/C20H25ClN4O.HI/c1-25(2)19(26)15-24-20(22-12-11-16-7-4-3-5-8-16)23-14-17-9-6-10-18(21)13-17;/h3-10,13H,11-12,14-15H2,1-2H3,(H2,22,23,24);1H. The topological polar surface area (TPSA) is 56.7 Å². The summed E-state index contributed by atoms with van der Waals surface area (Å²) in [7, 11) is 3.46. The Morgan fingerprint density at radius 1 is 1.04 bits per heavy atom. The average Bonchev–Trinajstić information content (AvgIpc) is 2.64. The van der Waals surface area contributed by atoms with Crippen molar-refractivity contribution in [1.82, 2.24) is 15.5 Å². The summed E-state index contributed by atoms with van der Waals surface area (Å²) in [6.07, 6.45) is 0.875. The molecule has 0 aromatic heterocycles. The van der Waals surface area contributed by atoms with Crippen LogP contribution in [-0.4, -0.2) is 44.0 Å². The van der Waals surface area contributed by atoms with Gasteiger partial charge in [0.05, 0.1) is 13.1 Å². The quantitative estimate of drug-likeness (QED) is 0.348. The third-order valence-electron chi connectivity index (χ3n) is 3.76. The summed E-state index contributed by atoms with van der Waals surface area (Å²) in [5.74, 6) is 0.599. The van der Waals surface area contributed by atoms with Crippen molar-refractivity contribution in [3.8, 4) is 0 Å². The molecular formula is C20H26ClIN4O. The molecule has 2 N–H and O–H groups in total. The maximum atomic E-state index is 11.8. The average molecular weight is 501 g/mol. The summed E-state index contributed by atoms with van der Waals surface area (Å²) in [5.41, 5.74) is 2.26. The first-order chi connectivity index (χ1) is 12.5. The van der Waals surface area contributed by atoms with Gasteiger partial charge in [0.1, 0.15) is 0 Å². The molecule has 0 heterocycles. The second-order valence-corrected chi connectivity index (χ2v) is 6.54. The van der Waals surface area contributed by atoms with Crippen LogP contribution in [0.15, 0.2) is 59.6 Å². The minimum absolute atomic E-state index is 0. The molecule has 5 nitrogen and oxygen atoms in total. The Bertz CT molecular complexity index is 738. The molecule has 7 heteroatoms. The van der Waals surface area contributed by atoms with E-state index in [1.54, 1.807) is 19.0 Å². The fourth-order valence-electron chi connectivity index (χ4n) is 2.27. The highest BCUT2D eigenvalue weighted by molar-refractivity contribution is 14.0. The largest absolute Gasteiger partial charge is 0.356 e. The van der Waals surface area contributed by atoms with E-state index in [1.807, 2.05) is 42.5 Å². The van der Waals surface area contributed by atoms with Crippen LogP contribution in [0.25, 0.3) is 0 Å². The second-order valence-electron chi connectivity index (χ2n) is 6.10. The van der Waals surface area contributed by atoms with Crippen LogP contribution in [0.4, 0.5) is 0 Å². The minimum Gasteiger partial charge on any atom is -0.356 e. The van der Waals surface area contributed by atoms with Gasteiger partial charge < -0.3 is 15.5 Å². The van der Waals surface area contributed by atoms with Crippen LogP contribution in [0.1, 0.15) is 11.1 Å². The first-order valence-corrected chi connectivity index (χ1v) is 8.93. The van der Waals surface area contributed by atoms with Crippen molar-refractivity contribution < 1.29 is 4.79 Å². The van der Waals surface area contributed by atoms with Gasteiger partial charge in [0.2, 0.25) is 5.91 Å². The normalized spacial score (nSPS) is 10.7. The van der Waals surface area contributed by atoms with E-state index in [1.165, 1.54) is 5.56 Å². The zero-order chi connectivity index (χ0) is 18.8. The van der Waals surface area contributed by atoms with Crippen LogP contribution in [0.3, 0.4) is 0 Å². The number of carbonyl (C=O) groups is 1. The van der Waals surface area contributed by atoms with Crippen molar-refractivity contribution in [3.05, 3.63) is 70.7 Å². The van der Waals surface area contributed by atoms with Crippen molar-refractivity contribution in [2.75, 3.05) is 27.2 Å². The van der Waals surface area contributed by atoms with Crippen molar-refractivity contribution in [1.29, 1.82) is 0 Å². The van der Waals surface area contributed by atoms with E-state index in [9.17, 15) is 4.79 Å². The smallest absolute Gasteiger partial charge is 0.241 e. The van der Waals surface area contributed by atoms with Gasteiger partial charge in [-0.25, -0.2) is 4.99 Å². The number of nitrogens with zero attached hydrogens (tertiary/aromatic N) is 2. The highest BCUT2D eigenvalue weighted by atomic mass is 127. The van der Waals surface area contributed by atoms with Crippen molar-refractivity contribution in [2.45, 2.75) is 13.0 Å². The van der Waals surface area contributed by atoms with Crippen LogP contribution in [0, 0.1) is 0 Å². The monoisotopic (exact) mass is 500 g/mol. The predicted octanol–water partition coefficient (Wildman–Crippen LogP) is 3.32. The number of aliphatic imine (C=N–C) groups is 1. The Kier molecular flexibility index (Phi) is 10.8. The van der Waals surface area contributed by atoms with E-state index >= 15 is 0 Å². The number of carbonyl (C=O) groups excluding carboxylic acids is 1. The van der Waals surface area contributed by atoms with Crippen LogP contribution >= 0.6 is 35.6 Å². The summed E-state index contributed by atoms with van der Waals surface area (Å²) < 4.78 is 0. The van der Waals surface area contributed by atoms with Gasteiger partial charge in [-0.1, -0.05) is 54.1 Å². The van der Waals surface area contributed by atoms with E-state index < -0.39 is 0 Å². The van der Waals surface area contributed by atoms with E-state index in [4.69, 9.17) is 11.6 Å². The first-order valence-electron chi connectivity index (χ1n) is 8.55. The summed E-state index contributed by atoms with van der Waals surface area (Å²) in [5, 5.41) is 7.06. The van der Waals surface area contributed by atoms with E-state index in [2.05, 4.69) is 27.8 Å². The number of nitrogens with one attached hydrogen (secondary N) is 2. The molecule has 0 atom stereocenters. The Balaban J connectivity index is 0.00000364. The molecule has 0 fully saturated rings. The molecule has 0 aliphatic rings. The lowest BCUT2D eigenvalue weighted by atomic mass is 10.1. The molecule has 0 bridgehead atoms.